The predicted molar refractivity (Wildman–Crippen MR) is 85.7 cm³/mol. The smallest absolute Gasteiger partial charge is 0.261 e. The molecule has 1 atom stereocenters. The molecule has 0 spiro atoms. The van der Waals surface area contributed by atoms with Crippen LogP contribution in [0.2, 0.25) is 5.02 Å². The standard InChI is InChI=1S/C14H19Cl2NO3S/c1-4-6-10(5-2)17-14(18)12-7-11(21(16,19)20)8-13(15)9(12)3/h7-8,10H,4-6H2,1-3H3,(H,17,18). The van der Waals surface area contributed by atoms with E-state index in [-0.39, 0.29) is 27.4 Å². The second-order valence-electron chi connectivity index (χ2n) is 4.88. The van der Waals surface area contributed by atoms with Gasteiger partial charge in [0.2, 0.25) is 0 Å². The van der Waals surface area contributed by atoms with E-state index in [1.165, 1.54) is 12.1 Å². The minimum absolute atomic E-state index is 0.0527. The van der Waals surface area contributed by atoms with E-state index < -0.39 is 9.05 Å². The van der Waals surface area contributed by atoms with E-state index >= 15 is 0 Å². The maximum absolute atomic E-state index is 12.3. The number of carbonyl (C=O) groups is 1. The van der Waals surface area contributed by atoms with Gasteiger partial charge >= 0.3 is 0 Å². The van der Waals surface area contributed by atoms with Gasteiger partial charge in [-0.3, -0.25) is 4.79 Å². The van der Waals surface area contributed by atoms with Gasteiger partial charge in [-0.05, 0) is 37.5 Å². The molecule has 1 N–H and O–H groups in total. The van der Waals surface area contributed by atoms with Crippen molar-refractivity contribution in [1.29, 1.82) is 0 Å². The number of hydrogen-bond donors (Lipinski definition) is 1. The van der Waals surface area contributed by atoms with Gasteiger partial charge in [-0.25, -0.2) is 8.42 Å². The fourth-order valence-electron chi connectivity index (χ4n) is 2.02. The van der Waals surface area contributed by atoms with E-state index in [2.05, 4.69) is 5.32 Å². The highest BCUT2D eigenvalue weighted by atomic mass is 35.7. The largest absolute Gasteiger partial charge is 0.349 e. The van der Waals surface area contributed by atoms with Crippen molar-refractivity contribution >= 4 is 37.2 Å². The molecule has 0 saturated carbocycles. The van der Waals surface area contributed by atoms with E-state index in [1.807, 2.05) is 13.8 Å². The van der Waals surface area contributed by atoms with Gasteiger partial charge in [0.25, 0.3) is 15.0 Å². The van der Waals surface area contributed by atoms with Crippen LogP contribution in [0.3, 0.4) is 0 Å². The third-order valence-corrected chi connectivity index (χ3v) is 5.04. The Balaban J connectivity index is 3.17. The summed E-state index contributed by atoms with van der Waals surface area (Å²) >= 11 is 6.00. The summed E-state index contributed by atoms with van der Waals surface area (Å²) in [7, 11) is 1.39. The summed E-state index contributed by atoms with van der Waals surface area (Å²) in [6, 6.07) is 2.56. The molecule has 0 fully saturated rings. The Morgan fingerprint density at radius 3 is 2.43 bits per heavy atom. The second-order valence-corrected chi connectivity index (χ2v) is 7.86. The van der Waals surface area contributed by atoms with Crippen LogP contribution in [0.15, 0.2) is 17.0 Å². The lowest BCUT2D eigenvalue weighted by molar-refractivity contribution is 0.0933. The van der Waals surface area contributed by atoms with E-state index in [0.29, 0.717) is 5.56 Å². The Hall–Kier alpha value is -0.780. The van der Waals surface area contributed by atoms with Crippen LogP contribution in [-0.4, -0.2) is 20.4 Å². The van der Waals surface area contributed by atoms with Gasteiger partial charge in [0.15, 0.2) is 0 Å². The van der Waals surface area contributed by atoms with Crippen molar-refractivity contribution < 1.29 is 13.2 Å². The van der Waals surface area contributed by atoms with Crippen molar-refractivity contribution in [2.45, 2.75) is 51.0 Å². The van der Waals surface area contributed by atoms with Crippen molar-refractivity contribution in [3.63, 3.8) is 0 Å². The highest BCUT2D eigenvalue weighted by molar-refractivity contribution is 8.13. The maximum atomic E-state index is 12.3. The number of halogens is 2. The first kappa shape index (κ1) is 18.3. The molecule has 1 aromatic carbocycles. The van der Waals surface area contributed by atoms with Crippen molar-refractivity contribution in [2.24, 2.45) is 0 Å². The normalized spacial score (nSPS) is 13.0. The first-order valence-electron chi connectivity index (χ1n) is 6.76. The highest BCUT2D eigenvalue weighted by Crippen LogP contribution is 2.26. The van der Waals surface area contributed by atoms with Crippen molar-refractivity contribution in [2.75, 3.05) is 0 Å². The van der Waals surface area contributed by atoms with Gasteiger partial charge < -0.3 is 5.32 Å². The summed E-state index contributed by atoms with van der Waals surface area (Å²) in [5.74, 6) is -0.336. The van der Waals surface area contributed by atoms with Crippen molar-refractivity contribution in [1.82, 2.24) is 5.32 Å². The third-order valence-electron chi connectivity index (χ3n) is 3.31. The van der Waals surface area contributed by atoms with Crippen molar-refractivity contribution in [3.05, 3.63) is 28.3 Å². The van der Waals surface area contributed by atoms with Gasteiger partial charge in [-0.15, -0.1) is 0 Å². The Morgan fingerprint density at radius 1 is 1.33 bits per heavy atom. The molecule has 0 heterocycles. The van der Waals surface area contributed by atoms with Gasteiger partial charge in [0.05, 0.1) is 4.90 Å². The second kappa shape index (κ2) is 7.47. The fourth-order valence-corrected chi connectivity index (χ4v) is 3.09. The predicted octanol–water partition coefficient (Wildman–Crippen LogP) is 3.88. The SMILES string of the molecule is CCCC(CC)NC(=O)c1cc(S(=O)(=O)Cl)cc(Cl)c1C. The molecule has 0 aliphatic carbocycles. The number of carbonyl (C=O) groups excluding carboxylic acids is 1. The molecule has 1 rings (SSSR count). The Morgan fingerprint density at radius 2 is 1.95 bits per heavy atom. The summed E-state index contributed by atoms with van der Waals surface area (Å²) in [6.45, 7) is 5.69. The Bertz CT molecular complexity index is 629. The molecule has 0 aromatic heterocycles. The number of nitrogens with one attached hydrogen (secondary N) is 1. The van der Waals surface area contributed by atoms with E-state index in [9.17, 15) is 13.2 Å². The van der Waals surface area contributed by atoms with Crippen LogP contribution in [-0.2, 0) is 9.05 Å². The molecular formula is C14H19Cl2NO3S. The maximum Gasteiger partial charge on any atom is 0.261 e. The zero-order chi connectivity index (χ0) is 16.2. The zero-order valence-electron chi connectivity index (χ0n) is 12.2. The Labute approximate surface area is 135 Å². The van der Waals surface area contributed by atoms with Gasteiger partial charge in [-0.2, -0.15) is 0 Å². The molecule has 1 amide bonds. The highest BCUT2D eigenvalue weighted by Gasteiger charge is 2.20. The molecule has 0 bridgehead atoms. The average molecular weight is 352 g/mol. The summed E-state index contributed by atoms with van der Waals surface area (Å²) in [5.41, 5.74) is 0.765. The number of benzene rings is 1. The first-order valence-corrected chi connectivity index (χ1v) is 9.45. The molecule has 0 radical (unpaired) electrons. The number of amides is 1. The van der Waals surface area contributed by atoms with Crippen LogP contribution in [0.5, 0.6) is 0 Å². The molecule has 7 heteroatoms. The van der Waals surface area contributed by atoms with Gasteiger partial charge in [0, 0.05) is 27.3 Å². The van der Waals surface area contributed by atoms with Crippen LogP contribution in [0.4, 0.5) is 0 Å². The van der Waals surface area contributed by atoms with Crippen LogP contribution in [0.25, 0.3) is 0 Å². The number of rotatable bonds is 6. The summed E-state index contributed by atoms with van der Waals surface area (Å²) in [5, 5.41) is 3.09. The van der Waals surface area contributed by atoms with E-state index in [4.69, 9.17) is 22.3 Å². The van der Waals surface area contributed by atoms with E-state index in [1.54, 1.807) is 6.92 Å². The van der Waals surface area contributed by atoms with Crippen LogP contribution >= 0.6 is 22.3 Å². The van der Waals surface area contributed by atoms with Gasteiger partial charge in [0.1, 0.15) is 0 Å². The fraction of sp³-hybridized carbons (Fsp3) is 0.500. The molecule has 0 aliphatic heterocycles. The molecule has 118 valence electrons. The first-order chi connectivity index (χ1) is 9.70. The topological polar surface area (TPSA) is 63.2 Å². The zero-order valence-corrected chi connectivity index (χ0v) is 14.6. The van der Waals surface area contributed by atoms with Crippen LogP contribution in [0.1, 0.15) is 49.0 Å². The molecule has 0 saturated heterocycles. The molecular weight excluding hydrogens is 333 g/mol. The molecule has 0 aliphatic rings. The van der Waals surface area contributed by atoms with Crippen LogP contribution in [0, 0.1) is 6.92 Å². The quantitative estimate of drug-likeness (QED) is 0.790. The molecule has 4 nitrogen and oxygen atoms in total. The molecule has 1 aromatic rings. The summed E-state index contributed by atoms with van der Waals surface area (Å²) < 4.78 is 22.9. The molecule has 21 heavy (non-hydrogen) atoms. The van der Waals surface area contributed by atoms with Gasteiger partial charge in [-0.1, -0.05) is 31.9 Å². The lowest BCUT2D eigenvalue weighted by atomic mass is 10.1. The minimum Gasteiger partial charge on any atom is -0.349 e. The lowest BCUT2D eigenvalue weighted by Gasteiger charge is -2.17. The lowest BCUT2D eigenvalue weighted by Crippen LogP contribution is -2.34. The summed E-state index contributed by atoms with van der Waals surface area (Å²) in [4.78, 5) is 12.2. The summed E-state index contributed by atoms with van der Waals surface area (Å²) in [6.07, 6.45) is 2.62. The van der Waals surface area contributed by atoms with Crippen LogP contribution < -0.4 is 5.32 Å². The van der Waals surface area contributed by atoms with E-state index in [0.717, 1.165) is 19.3 Å². The third kappa shape index (κ3) is 4.87. The average Bonchev–Trinajstić information content (AvgIpc) is 2.39. The molecule has 1 unspecified atom stereocenters. The Kier molecular flexibility index (Phi) is 6.50. The van der Waals surface area contributed by atoms with Crippen molar-refractivity contribution in [3.8, 4) is 0 Å². The monoisotopic (exact) mass is 351 g/mol. The minimum atomic E-state index is -3.93. The number of hydrogen-bond acceptors (Lipinski definition) is 3.